The van der Waals surface area contributed by atoms with Crippen LogP contribution in [0, 0.1) is 5.92 Å². The van der Waals surface area contributed by atoms with Crippen LogP contribution in [-0.4, -0.2) is 35.6 Å². The second kappa shape index (κ2) is 6.12. The lowest BCUT2D eigenvalue weighted by Gasteiger charge is -2.31. The molecule has 3 heteroatoms. The lowest BCUT2D eigenvalue weighted by atomic mass is 9.99. The van der Waals surface area contributed by atoms with Gasteiger partial charge in [-0.05, 0) is 36.7 Å². The van der Waals surface area contributed by atoms with Gasteiger partial charge < -0.3 is 5.32 Å². The average Bonchev–Trinajstić information content (AvgIpc) is 2.85. The zero-order valence-electron chi connectivity index (χ0n) is 10.9. The van der Waals surface area contributed by atoms with E-state index in [-0.39, 0.29) is 0 Å². The van der Waals surface area contributed by atoms with Gasteiger partial charge in [0.1, 0.15) is 0 Å². The molecule has 1 saturated heterocycles. The molecule has 1 fully saturated rings. The zero-order chi connectivity index (χ0) is 12.1. The summed E-state index contributed by atoms with van der Waals surface area (Å²) < 4.78 is 0. The first-order valence-electron chi connectivity index (χ1n) is 6.68. The lowest BCUT2D eigenvalue weighted by Crippen LogP contribution is -2.40. The molecule has 1 aliphatic heterocycles. The Hall–Kier alpha value is -0.930. The van der Waals surface area contributed by atoms with Crippen LogP contribution in [0.1, 0.15) is 25.8 Å². The van der Waals surface area contributed by atoms with Crippen molar-refractivity contribution in [2.24, 2.45) is 5.92 Å². The number of pyridine rings is 1. The van der Waals surface area contributed by atoms with Crippen molar-refractivity contribution in [2.45, 2.75) is 32.9 Å². The summed E-state index contributed by atoms with van der Waals surface area (Å²) in [4.78, 5) is 6.66. The van der Waals surface area contributed by atoms with Gasteiger partial charge in [0, 0.05) is 31.5 Å². The Kier molecular flexibility index (Phi) is 4.51. The number of nitrogens with one attached hydrogen (secondary N) is 1. The van der Waals surface area contributed by atoms with Crippen LogP contribution in [0.5, 0.6) is 0 Å². The van der Waals surface area contributed by atoms with Gasteiger partial charge in [-0.1, -0.05) is 20.3 Å². The normalized spacial score (nSPS) is 24.4. The molecule has 1 N–H and O–H groups in total. The van der Waals surface area contributed by atoms with Crippen LogP contribution >= 0.6 is 0 Å². The molecule has 2 rings (SSSR count). The van der Waals surface area contributed by atoms with Crippen molar-refractivity contribution in [3.05, 3.63) is 30.1 Å². The van der Waals surface area contributed by atoms with Crippen LogP contribution in [0.3, 0.4) is 0 Å². The summed E-state index contributed by atoms with van der Waals surface area (Å²) >= 11 is 0. The third-order valence-corrected chi connectivity index (χ3v) is 3.84. The van der Waals surface area contributed by atoms with Crippen molar-refractivity contribution >= 4 is 0 Å². The number of rotatable bonds is 5. The fourth-order valence-corrected chi connectivity index (χ4v) is 2.75. The van der Waals surface area contributed by atoms with E-state index in [0.29, 0.717) is 6.04 Å². The summed E-state index contributed by atoms with van der Waals surface area (Å²) in [5.74, 6) is 0.803. The molecule has 0 bridgehead atoms. The number of likely N-dealkylation sites (N-methyl/N-ethyl adjacent to an activating group) is 1. The van der Waals surface area contributed by atoms with Gasteiger partial charge in [0.25, 0.3) is 0 Å². The molecule has 2 unspecified atom stereocenters. The second-order valence-corrected chi connectivity index (χ2v) is 4.81. The van der Waals surface area contributed by atoms with E-state index in [9.17, 15) is 0 Å². The van der Waals surface area contributed by atoms with Crippen LogP contribution in [0.15, 0.2) is 24.5 Å². The minimum absolute atomic E-state index is 0.693. The second-order valence-electron chi connectivity index (χ2n) is 4.81. The Balaban J connectivity index is 2.01. The average molecular weight is 233 g/mol. The molecule has 1 aliphatic rings. The van der Waals surface area contributed by atoms with Crippen LogP contribution in [0.2, 0.25) is 0 Å². The topological polar surface area (TPSA) is 28.2 Å². The lowest BCUT2D eigenvalue weighted by molar-refractivity contribution is 0.169. The van der Waals surface area contributed by atoms with Crippen molar-refractivity contribution in [3.8, 4) is 0 Å². The number of hydrogen-bond donors (Lipinski definition) is 1. The molecule has 0 spiro atoms. The van der Waals surface area contributed by atoms with E-state index in [1.54, 1.807) is 0 Å². The van der Waals surface area contributed by atoms with E-state index in [0.717, 1.165) is 25.6 Å². The maximum atomic E-state index is 4.08. The largest absolute Gasteiger partial charge is 0.315 e. The van der Waals surface area contributed by atoms with Gasteiger partial charge in [0.05, 0.1) is 0 Å². The summed E-state index contributed by atoms with van der Waals surface area (Å²) in [6.07, 6.45) is 5.03. The number of nitrogens with zero attached hydrogens (tertiary/aromatic N) is 2. The van der Waals surface area contributed by atoms with E-state index < -0.39 is 0 Å². The summed E-state index contributed by atoms with van der Waals surface area (Å²) in [6, 6.07) is 4.93. The molecule has 0 amide bonds. The molecular weight excluding hydrogens is 210 g/mol. The predicted molar refractivity (Wildman–Crippen MR) is 70.8 cm³/mol. The molecule has 94 valence electrons. The fourth-order valence-electron chi connectivity index (χ4n) is 2.75. The third kappa shape index (κ3) is 3.05. The molecule has 17 heavy (non-hydrogen) atoms. The maximum absolute atomic E-state index is 4.08. The van der Waals surface area contributed by atoms with Gasteiger partial charge in [0.2, 0.25) is 0 Å². The molecule has 0 saturated carbocycles. The summed E-state index contributed by atoms with van der Waals surface area (Å²) in [6.45, 7) is 9.02. The van der Waals surface area contributed by atoms with E-state index in [4.69, 9.17) is 0 Å². The van der Waals surface area contributed by atoms with E-state index >= 15 is 0 Å². The predicted octanol–water partition coefficient (Wildman–Crippen LogP) is 1.90. The van der Waals surface area contributed by atoms with Gasteiger partial charge in [0.15, 0.2) is 0 Å². The molecule has 2 atom stereocenters. The SMILES string of the molecule is CCC1CNCC1N(CC)Cc1ccncc1. The van der Waals surface area contributed by atoms with Crippen molar-refractivity contribution < 1.29 is 0 Å². The first kappa shape index (κ1) is 12.5. The van der Waals surface area contributed by atoms with Gasteiger partial charge in [-0.25, -0.2) is 0 Å². The molecular formula is C14H23N3. The monoisotopic (exact) mass is 233 g/mol. The number of hydrogen-bond acceptors (Lipinski definition) is 3. The van der Waals surface area contributed by atoms with Crippen LogP contribution in [0.25, 0.3) is 0 Å². The molecule has 3 nitrogen and oxygen atoms in total. The minimum Gasteiger partial charge on any atom is -0.315 e. The molecule has 0 aromatic carbocycles. The van der Waals surface area contributed by atoms with Crippen molar-refractivity contribution in [2.75, 3.05) is 19.6 Å². The van der Waals surface area contributed by atoms with Gasteiger partial charge in [-0.2, -0.15) is 0 Å². The Labute approximate surface area is 104 Å². The highest BCUT2D eigenvalue weighted by molar-refractivity contribution is 5.10. The Morgan fingerprint density at radius 2 is 2.06 bits per heavy atom. The standard InChI is InChI=1S/C14H23N3/c1-3-13-9-16-10-14(13)17(4-2)11-12-5-7-15-8-6-12/h5-8,13-14,16H,3-4,9-11H2,1-2H3. The van der Waals surface area contributed by atoms with Gasteiger partial charge >= 0.3 is 0 Å². The van der Waals surface area contributed by atoms with E-state index in [1.165, 1.54) is 18.5 Å². The highest BCUT2D eigenvalue weighted by Gasteiger charge is 2.29. The molecule has 1 aromatic rings. The van der Waals surface area contributed by atoms with E-state index in [2.05, 4.69) is 41.2 Å². The first-order chi connectivity index (χ1) is 8.35. The smallest absolute Gasteiger partial charge is 0.0271 e. The van der Waals surface area contributed by atoms with Crippen molar-refractivity contribution in [1.29, 1.82) is 0 Å². The van der Waals surface area contributed by atoms with Gasteiger partial charge in [-0.15, -0.1) is 0 Å². The van der Waals surface area contributed by atoms with Crippen molar-refractivity contribution in [1.82, 2.24) is 15.2 Å². The summed E-state index contributed by atoms with van der Waals surface area (Å²) in [5, 5.41) is 3.52. The maximum Gasteiger partial charge on any atom is 0.0271 e. The van der Waals surface area contributed by atoms with Crippen LogP contribution < -0.4 is 5.32 Å². The Morgan fingerprint density at radius 1 is 1.29 bits per heavy atom. The minimum atomic E-state index is 0.693. The number of aromatic nitrogens is 1. The quantitative estimate of drug-likeness (QED) is 0.842. The fraction of sp³-hybridized carbons (Fsp3) is 0.643. The Morgan fingerprint density at radius 3 is 2.71 bits per heavy atom. The van der Waals surface area contributed by atoms with E-state index in [1.807, 2.05) is 12.4 Å². The summed E-state index contributed by atoms with van der Waals surface area (Å²) in [5.41, 5.74) is 1.36. The Bertz CT molecular complexity index is 325. The molecule has 0 aliphatic carbocycles. The highest BCUT2D eigenvalue weighted by atomic mass is 15.2. The van der Waals surface area contributed by atoms with Crippen LogP contribution in [-0.2, 0) is 6.54 Å². The first-order valence-corrected chi connectivity index (χ1v) is 6.68. The molecule has 1 aromatic heterocycles. The van der Waals surface area contributed by atoms with Gasteiger partial charge in [-0.3, -0.25) is 9.88 Å². The highest BCUT2D eigenvalue weighted by Crippen LogP contribution is 2.20. The van der Waals surface area contributed by atoms with Crippen molar-refractivity contribution in [3.63, 3.8) is 0 Å². The zero-order valence-corrected chi connectivity index (χ0v) is 10.9. The molecule has 0 radical (unpaired) electrons. The van der Waals surface area contributed by atoms with Crippen LogP contribution in [0.4, 0.5) is 0 Å². The molecule has 2 heterocycles. The summed E-state index contributed by atoms with van der Waals surface area (Å²) in [7, 11) is 0. The third-order valence-electron chi connectivity index (χ3n) is 3.84.